The van der Waals surface area contributed by atoms with Crippen LogP contribution in [0.15, 0.2) is 12.1 Å². The van der Waals surface area contributed by atoms with E-state index in [2.05, 4.69) is 14.8 Å². The summed E-state index contributed by atoms with van der Waals surface area (Å²) in [5.41, 5.74) is 6.42. The van der Waals surface area contributed by atoms with Crippen molar-refractivity contribution in [2.75, 3.05) is 43.9 Å². The maximum absolute atomic E-state index is 5.82. The molecule has 0 radical (unpaired) electrons. The van der Waals surface area contributed by atoms with Crippen molar-refractivity contribution in [3.05, 3.63) is 12.1 Å². The largest absolute Gasteiger partial charge is 0.479 e. The Morgan fingerprint density at radius 3 is 3.00 bits per heavy atom. The molecule has 2 fully saturated rings. The van der Waals surface area contributed by atoms with Gasteiger partial charge in [-0.3, -0.25) is 4.90 Å². The summed E-state index contributed by atoms with van der Waals surface area (Å²) in [5, 5.41) is 0. The number of nitrogens with zero attached hydrogens (tertiary/aromatic N) is 3. The number of rotatable bonds is 2. The van der Waals surface area contributed by atoms with Crippen molar-refractivity contribution in [2.24, 2.45) is 0 Å². The van der Waals surface area contributed by atoms with Crippen molar-refractivity contribution < 1.29 is 4.74 Å². The molecule has 1 atom stereocenters. The first-order chi connectivity index (χ1) is 9.28. The highest BCUT2D eigenvalue weighted by atomic mass is 16.5. The van der Waals surface area contributed by atoms with Crippen LogP contribution in [0.5, 0.6) is 5.88 Å². The van der Waals surface area contributed by atoms with Gasteiger partial charge in [0.05, 0.1) is 12.8 Å². The lowest BCUT2D eigenvalue weighted by Gasteiger charge is -2.44. The second kappa shape index (κ2) is 5.25. The van der Waals surface area contributed by atoms with Gasteiger partial charge in [-0.25, -0.2) is 0 Å². The zero-order valence-electron chi connectivity index (χ0n) is 11.5. The molecule has 1 aromatic heterocycles. The number of nitrogens with two attached hydrogens (primary N) is 1. The third-order valence-corrected chi connectivity index (χ3v) is 4.23. The number of ether oxygens (including phenoxy) is 1. The topological polar surface area (TPSA) is 54.6 Å². The summed E-state index contributed by atoms with van der Waals surface area (Å²) < 4.78 is 5.21. The first kappa shape index (κ1) is 12.5. The zero-order valence-corrected chi connectivity index (χ0v) is 11.5. The molecule has 104 valence electrons. The van der Waals surface area contributed by atoms with E-state index in [4.69, 9.17) is 10.5 Å². The van der Waals surface area contributed by atoms with Crippen LogP contribution >= 0.6 is 0 Å². The van der Waals surface area contributed by atoms with E-state index in [0.29, 0.717) is 17.6 Å². The van der Waals surface area contributed by atoms with Gasteiger partial charge in [-0.15, -0.1) is 0 Å². The lowest BCUT2D eigenvalue weighted by molar-refractivity contribution is 0.133. The van der Waals surface area contributed by atoms with Gasteiger partial charge in [-0.1, -0.05) is 6.42 Å². The van der Waals surface area contributed by atoms with Crippen molar-refractivity contribution in [3.8, 4) is 5.88 Å². The monoisotopic (exact) mass is 262 g/mol. The molecule has 2 aliphatic heterocycles. The number of hydrogen-bond acceptors (Lipinski definition) is 5. The predicted molar refractivity (Wildman–Crippen MR) is 76.6 cm³/mol. The minimum Gasteiger partial charge on any atom is -0.479 e. The maximum Gasteiger partial charge on any atom is 0.238 e. The molecule has 3 rings (SSSR count). The Morgan fingerprint density at radius 1 is 1.26 bits per heavy atom. The lowest BCUT2D eigenvalue weighted by Crippen LogP contribution is -2.55. The minimum absolute atomic E-state index is 0.531. The standard InChI is InChI=1S/C14H22N4O/c1-19-14-12(15)5-6-13(16-14)18-9-8-17-7-3-2-4-11(17)10-18/h5-6,11H,2-4,7-10,15H2,1H3. The molecule has 0 aliphatic carbocycles. The van der Waals surface area contributed by atoms with E-state index >= 15 is 0 Å². The highest BCUT2D eigenvalue weighted by Gasteiger charge is 2.29. The molecule has 0 bridgehead atoms. The number of hydrogen-bond donors (Lipinski definition) is 1. The number of piperazine rings is 1. The number of aromatic nitrogens is 1. The summed E-state index contributed by atoms with van der Waals surface area (Å²) in [6.45, 7) is 4.51. The van der Waals surface area contributed by atoms with E-state index < -0.39 is 0 Å². The molecule has 0 saturated carbocycles. The highest BCUT2D eigenvalue weighted by molar-refractivity contribution is 5.54. The molecule has 19 heavy (non-hydrogen) atoms. The Kier molecular flexibility index (Phi) is 3.46. The first-order valence-corrected chi connectivity index (χ1v) is 7.07. The van der Waals surface area contributed by atoms with Crippen LogP contribution in [-0.2, 0) is 0 Å². The van der Waals surface area contributed by atoms with Gasteiger partial charge in [-0.05, 0) is 31.5 Å². The molecule has 3 heterocycles. The molecule has 0 amide bonds. The van der Waals surface area contributed by atoms with E-state index in [1.807, 2.05) is 12.1 Å². The highest BCUT2D eigenvalue weighted by Crippen LogP contribution is 2.27. The van der Waals surface area contributed by atoms with Crippen molar-refractivity contribution in [1.82, 2.24) is 9.88 Å². The molecule has 2 aliphatic rings. The van der Waals surface area contributed by atoms with Crippen LogP contribution in [0.3, 0.4) is 0 Å². The second-order valence-electron chi connectivity index (χ2n) is 5.40. The molecule has 5 heteroatoms. The molecular formula is C14H22N4O. The number of nitrogen functional groups attached to an aromatic ring is 1. The van der Waals surface area contributed by atoms with Crippen molar-refractivity contribution in [3.63, 3.8) is 0 Å². The average molecular weight is 262 g/mol. The van der Waals surface area contributed by atoms with Crippen LogP contribution in [0.25, 0.3) is 0 Å². The molecule has 0 spiro atoms. The average Bonchev–Trinajstić information content (AvgIpc) is 2.47. The van der Waals surface area contributed by atoms with Gasteiger partial charge < -0.3 is 15.4 Å². The van der Waals surface area contributed by atoms with E-state index in [-0.39, 0.29) is 0 Å². The van der Waals surface area contributed by atoms with Gasteiger partial charge >= 0.3 is 0 Å². The van der Waals surface area contributed by atoms with Crippen molar-refractivity contribution >= 4 is 11.5 Å². The Labute approximate surface area is 114 Å². The number of piperidine rings is 1. The molecule has 2 saturated heterocycles. The smallest absolute Gasteiger partial charge is 0.238 e. The number of methoxy groups -OCH3 is 1. The van der Waals surface area contributed by atoms with Crippen LogP contribution < -0.4 is 15.4 Å². The Morgan fingerprint density at radius 2 is 2.16 bits per heavy atom. The van der Waals surface area contributed by atoms with Crippen molar-refractivity contribution in [1.29, 1.82) is 0 Å². The molecule has 1 aromatic rings. The van der Waals surface area contributed by atoms with Gasteiger partial charge in [0.25, 0.3) is 0 Å². The minimum atomic E-state index is 0.531. The SMILES string of the molecule is COc1nc(N2CCN3CCCCC3C2)ccc1N. The molecule has 2 N–H and O–H groups in total. The van der Waals surface area contributed by atoms with Crippen molar-refractivity contribution in [2.45, 2.75) is 25.3 Å². The fourth-order valence-corrected chi connectivity index (χ4v) is 3.15. The molecule has 5 nitrogen and oxygen atoms in total. The Balaban J connectivity index is 1.75. The maximum atomic E-state index is 5.82. The third-order valence-electron chi connectivity index (χ3n) is 4.23. The second-order valence-corrected chi connectivity index (χ2v) is 5.40. The predicted octanol–water partition coefficient (Wildman–Crippen LogP) is 1.35. The summed E-state index contributed by atoms with van der Waals surface area (Å²) in [7, 11) is 1.61. The van der Waals surface area contributed by atoms with E-state index in [9.17, 15) is 0 Å². The van der Waals surface area contributed by atoms with Crippen LogP contribution in [0, 0.1) is 0 Å². The number of fused-ring (bicyclic) bond motifs is 1. The van der Waals surface area contributed by atoms with Crippen LogP contribution in [-0.4, -0.2) is 49.2 Å². The number of anilines is 2. The molecule has 1 unspecified atom stereocenters. The van der Waals surface area contributed by atoms with Gasteiger partial charge in [0.1, 0.15) is 5.82 Å². The van der Waals surface area contributed by atoms with Gasteiger partial charge in [0.2, 0.25) is 5.88 Å². The lowest BCUT2D eigenvalue weighted by atomic mass is 9.99. The summed E-state index contributed by atoms with van der Waals surface area (Å²) >= 11 is 0. The molecule has 0 aromatic carbocycles. The fourth-order valence-electron chi connectivity index (χ4n) is 3.15. The van der Waals surface area contributed by atoms with Gasteiger partial charge in [0.15, 0.2) is 0 Å². The summed E-state index contributed by atoms with van der Waals surface area (Å²) in [4.78, 5) is 9.49. The Bertz CT molecular complexity index is 451. The molecular weight excluding hydrogens is 240 g/mol. The summed E-state index contributed by atoms with van der Waals surface area (Å²) in [6.07, 6.45) is 4.01. The normalized spacial score (nSPS) is 24.1. The third kappa shape index (κ3) is 2.47. The van der Waals surface area contributed by atoms with Crippen LogP contribution in [0.1, 0.15) is 19.3 Å². The van der Waals surface area contributed by atoms with Gasteiger partial charge in [-0.2, -0.15) is 4.98 Å². The number of pyridine rings is 1. The van der Waals surface area contributed by atoms with E-state index in [0.717, 1.165) is 25.5 Å². The van der Waals surface area contributed by atoms with Crippen LogP contribution in [0.2, 0.25) is 0 Å². The summed E-state index contributed by atoms with van der Waals surface area (Å²) in [6, 6.07) is 4.57. The fraction of sp³-hybridized carbons (Fsp3) is 0.643. The van der Waals surface area contributed by atoms with E-state index in [1.165, 1.54) is 25.8 Å². The first-order valence-electron chi connectivity index (χ1n) is 7.07. The van der Waals surface area contributed by atoms with Crippen LogP contribution in [0.4, 0.5) is 11.5 Å². The quantitative estimate of drug-likeness (QED) is 0.872. The zero-order chi connectivity index (χ0) is 13.2. The van der Waals surface area contributed by atoms with E-state index in [1.54, 1.807) is 7.11 Å². The Hall–Kier alpha value is -1.49. The summed E-state index contributed by atoms with van der Waals surface area (Å²) in [5.74, 6) is 1.51. The van der Waals surface area contributed by atoms with Gasteiger partial charge in [0, 0.05) is 25.7 Å².